The molecule has 1 heterocycles. The van der Waals surface area contributed by atoms with Crippen molar-refractivity contribution < 1.29 is 22.7 Å². The maximum absolute atomic E-state index is 12.5. The molecule has 30 heavy (non-hydrogen) atoms. The number of hydrogen-bond donors (Lipinski definition) is 2. The predicted molar refractivity (Wildman–Crippen MR) is 114 cm³/mol. The fraction of sp³-hybridized carbons (Fsp3) is 0.300. The second kappa shape index (κ2) is 9.24. The highest BCUT2D eigenvalue weighted by atomic mass is 32.2. The Morgan fingerprint density at radius 3 is 2.50 bits per heavy atom. The summed E-state index contributed by atoms with van der Waals surface area (Å²) in [6.07, 6.45) is 1.86. The second-order valence-electron chi connectivity index (χ2n) is 6.52. The van der Waals surface area contributed by atoms with Crippen LogP contribution < -0.4 is 19.7 Å². The molecule has 0 saturated carbocycles. The van der Waals surface area contributed by atoms with Gasteiger partial charge in [0.1, 0.15) is 12.1 Å². The number of hydrogen-bond acceptors (Lipinski definition) is 8. The summed E-state index contributed by atoms with van der Waals surface area (Å²) in [5.74, 6) is 1.58. The number of ether oxygens (including phenoxy) is 2. The molecule has 0 fully saturated rings. The van der Waals surface area contributed by atoms with E-state index in [2.05, 4.69) is 20.2 Å². The first-order chi connectivity index (χ1) is 14.4. The average molecular weight is 433 g/mol. The molecule has 0 aliphatic carbocycles. The van der Waals surface area contributed by atoms with Crippen LogP contribution in [0.25, 0.3) is 10.9 Å². The van der Waals surface area contributed by atoms with E-state index in [0.717, 1.165) is 0 Å². The molecule has 3 rings (SSSR count). The Morgan fingerprint density at radius 1 is 1.07 bits per heavy atom. The molecule has 0 spiro atoms. The molecule has 0 bridgehead atoms. The summed E-state index contributed by atoms with van der Waals surface area (Å²) in [6, 6.07) is 9.86. The fourth-order valence-corrected chi connectivity index (χ4v) is 3.56. The number of sulfonamides is 1. The van der Waals surface area contributed by atoms with Crippen LogP contribution in [-0.4, -0.2) is 38.7 Å². The lowest BCUT2D eigenvalue weighted by Gasteiger charge is -2.14. The molecule has 1 unspecified atom stereocenters. The van der Waals surface area contributed by atoms with Gasteiger partial charge in [0.25, 0.3) is 10.0 Å². The van der Waals surface area contributed by atoms with Crippen LogP contribution in [0.2, 0.25) is 0 Å². The average Bonchev–Trinajstić information content (AvgIpc) is 2.77. The number of aromatic nitrogens is 2. The fourth-order valence-electron chi connectivity index (χ4n) is 2.64. The first kappa shape index (κ1) is 21.8. The minimum atomic E-state index is -3.82. The smallest absolute Gasteiger partial charge is 0.262 e. The van der Waals surface area contributed by atoms with Crippen LogP contribution >= 0.6 is 0 Å². The number of fused-ring (bicyclic) bond motifs is 1. The zero-order chi connectivity index (χ0) is 21.7. The first-order valence-corrected chi connectivity index (χ1v) is 10.8. The summed E-state index contributed by atoms with van der Waals surface area (Å²) in [7, 11) is -0.728. The monoisotopic (exact) mass is 432 g/mol. The van der Waals surface area contributed by atoms with Gasteiger partial charge in [0.05, 0.1) is 30.7 Å². The minimum Gasteiger partial charge on any atom is -0.493 e. The van der Waals surface area contributed by atoms with Crippen molar-refractivity contribution in [2.24, 2.45) is 0 Å². The molecule has 0 aliphatic heterocycles. The van der Waals surface area contributed by atoms with Crippen LogP contribution in [-0.2, 0) is 14.9 Å². The molecule has 0 saturated heterocycles. The Bertz CT molecular complexity index is 1140. The van der Waals surface area contributed by atoms with Gasteiger partial charge in [-0.1, -0.05) is 17.9 Å². The maximum atomic E-state index is 12.5. The van der Waals surface area contributed by atoms with Crippen molar-refractivity contribution in [3.63, 3.8) is 0 Å². The Labute approximate surface area is 175 Å². The summed E-state index contributed by atoms with van der Waals surface area (Å²) < 4.78 is 35.7. The van der Waals surface area contributed by atoms with Crippen LogP contribution in [0.3, 0.4) is 0 Å². The number of anilines is 2. The van der Waals surface area contributed by atoms with Crippen LogP contribution in [0.15, 0.2) is 47.6 Å². The standard InChI is InChI=1S/C20H24N4O5S/c1-5-13(2)29-24-30(25,26)15-8-6-7-14(9-15)23-20-16-10-18(27-3)19(28-4)11-17(16)21-12-22-20/h6-13,24H,5H2,1-4H3,(H,21,22,23). The molecule has 3 aromatic rings. The van der Waals surface area contributed by atoms with Gasteiger partial charge in [-0.15, -0.1) is 0 Å². The highest BCUT2D eigenvalue weighted by molar-refractivity contribution is 7.89. The summed E-state index contributed by atoms with van der Waals surface area (Å²) in [4.78, 5) is 15.9. The number of methoxy groups -OCH3 is 2. The lowest BCUT2D eigenvalue weighted by atomic mass is 10.2. The Hall–Kier alpha value is -2.95. The molecule has 0 radical (unpaired) electrons. The van der Waals surface area contributed by atoms with Crippen LogP contribution in [0.4, 0.5) is 11.5 Å². The summed E-state index contributed by atoms with van der Waals surface area (Å²) in [5.41, 5.74) is 1.19. The normalized spacial score (nSPS) is 12.5. The van der Waals surface area contributed by atoms with E-state index >= 15 is 0 Å². The molecule has 9 nitrogen and oxygen atoms in total. The minimum absolute atomic E-state index is 0.0633. The number of nitrogens with one attached hydrogen (secondary N) is 2. The topological polar surface area (TPSA) is 112 Å². The van der Waals surface area contributed by atoms with Crippen molar-refractivity contribution in [2.75, 3.05) is 19.5 Å². The zero-order valence-corrected chi connectivity index (χ0v) is 18.0. The lowest BCUT2D eigenvalue weighted by Crippen LogP contribution is -2.28. The second-order valence-corrected chi connectivity index (χ2v) is 8.17. The van der Waals surface area contributed by atoms with Crippen molar-refractivity contribution in [3.05, 3.63) is 42.7 Å². The van der Waals surface area contributed by atoms with Crippen molar-refractivity contribution >= 4 is 32.4 Å². The van der Waals surface area contributed by atoms with E-state index in [0.29, 0.717) is 40.3 Å². The maximum Gasteiger partial charge on any atom is 0.262 e. The van der Waals surface area contributed by atoms with Crippen LogP contribution in [0.1, 0.15) is 20.3 Å². The van der Waals surface area contributed by atoms with Crippen molar-refractivity contribution in [1.82, 2.24) is 14.9 Å². The van der Waals surface area contributed by atoms with Gasteiger partial charge in [-0.2, -0.15) is 0 Å². The summed E-state index contributed by atoms with van der Waals surface area (Å²) >= 11 is 0. The molecular formula is C20H24N4O5S. The molecule has 2 N–H and O–H groups in total. The van der Waals surface area contributed by atoms with E-state index in [4.69, 9.17) is 14.3 Å². The third kappa shape index (κ3) is 4.78. The van der Waals surface area contributed by atoms with Gasteiger partial charge in [0.2, 0.25) is 0 Å². The van der Waals surface area contributed by atoms with E-state index in [1.807, 2.05) is 6.92 Å². The molecular weight excluding hydrogens is 408 g/mol. The summed E-state index contributed by atoms with van der Waals surface area (Å²) in [6.45, 7) is 3.68. The summed E-state index contributed by atoms with van der Waals surface area (Å²) in [5, 5.41) is 3.84. The number of nitrogens with zero attached hydrogens (tertiary/aromatic N) is 2. The first-order valence-electron chi connectivity index (χ1n) is 9.29. The third-order valence-electron chi connectivity index (χ3n) is 4.48. The van der Waals surface area contributed by atoms with Crippen molar-refractivity contribution in [3.8, 4) is 11.5 Å². The molecule has 10 heteroatoms. The van der Waals surface area contributed by atoms with E-state index in [-0.39, 0.29) is 11.0 Å². The molecule has 160 valence electrons. The van der Waals surface area contributed by atoms with E-state index in [9.17, 15) is 8.42 Å². The lowest BCUT2D eigenvalue weighted by molar-refractivity contribution is 0.0272. The van der Waals surface area contributed by atoms with Gasteiger partial charge in [0.15, 0.2) is 11.5 Å². The van der Waals surface area contributed by atoms with Crippen LogP contribution in [0, 0.1) is 0 Å². The Kier molecular flexibility index (Phi) is 6.70. The van der Waals surface area contributed by atoms with E-state index < -0.39 is 10.0 Å². The SMILES string of the molecule is CCC(C)ONS(=O)(=O)c1cccc(Nc2ncnc3cc(OC)c(OC)cc23)c1. The van der Waals surface area contributed by atoms with Gasteiger partial charge in [-0.25, -0.2) is 18.4 Å². The molecule has 2 aromatic carbocycles. The van der Waals surface area contributed by atoms with Gasteiger partial charge < -0.3 is 14.8 Å². The highest BCUT2D eigenvalue weighted by Crippen LogP contribution is 2.34. The zero-order valence-electron chi connectivity index (χ0n) is 17.2. The molecule has 1 atom stereocenters. The Balaban J connectivity index is 1.92. The molecule has 0 amide bonds. The number of benzene rings is 2. The van der Waals surface area contributed by atoms with Gasteiger partial charge in [-0.3, -0.25) is 4.84 Å². The number of rotatable bonds is 9. The highest BCUT2D eigenvalue weighted by Gasteiger charge is 2.17. The molecule has 1 aromatic heterocycles. The van der Waals surface area contributed by atoms with Gasteiger partial charge in [0, 0.05) is 17.1 Å². The largest absolute Gasteiger partial charge is 0.493 e. The molecule has 0 aliphatic rings. The van der Waals surface area contributed by atoms with Crippen molar-refractivity contribution in [2.45, 2.75) is 31.3 Å². The van der Waals surface area contributed by atoms with Crippen molar-refractivity contribution in [1.29, 1.82) is 0 Å². The predicted octanol–water partition coefficient (Wildman–Crippen LogP) is 3.40. The van der Waals surface area contributed by atoms with E-state index in [1.165, 1.54) is 18.5 Å². The van der Waals surface area contributed by atoms with Crippen LogP contribution in [0.5, 0.6) is 11.5 Å². The third-order valence-corrected chi connectivity index (χ3v) is 5.67. The van der Waals surface area contributed by atoms with Gasteiger partial charge in [-0.05, 0) is 37.6 Å². The quantitative estimate of drug-likeness (QED) is 0.495. The van der Waals surface area contributed by atoms with Gasteiger partial charge >= 0.3 is 0 Å². The Morgan fingerprint density at radius 2 is 1.80 bits per heavy atom. The van der Waals surface area contributed by atoms with E-state index in [1.54, 1.807) is 45.4 Å².